The topological polar surface area (TPSA) is 47.1 Å². The van der Waals surface area contributed by atoms with Crippen molar-refractivity contribution in [3.63, 3.8) is 0 Å². The summed E-state index contributed by atoms with van der Waals surface area (Å²) in [6, 6.07) is 0. The van der Waals surface area contributed by atoms with E-state index in [-0.39, 0.29) is 0 Å². The van der Waals surface area contributed by atoms with E-state index in [9.17, 15) is 0 Å². The number of hydrogen-bond donors (Lipinski definition) is 1. The van der Waals surface area contributed by atoms with Crippen LogP contribution in [0.25, 0.3) is 0 Å². The van der Waals surface area contributed by atoms with Gasteiger partial charge < -0.3 is 10.3 Å². The highest BCUT2D eigenvalue weighted by Crippen LogP contribution is 2.72. The van der Waals surface area contributed by atoms with Gasteiger partial charge in [0.05, 0.1) is 6.54 Å². The molecule has 1 aromatic heterocycles. The number of rotatable bonds is 3. The number of nitrogens with zero attached hydrogens (tertiary/aromatic N) is 3. The van der Waals surface area contributed by atoms with Gasteiger partial charge >= 0.3 is 0 Å². The molecule has 3 fully saturated rings. The van der Waals surface area contributed by atoms with E-state index in [0.29, 0.717) is 10.8 Å². The number of nitrogens with two attached hydrogens (primary N) is 1. The maximum absolute atomic E-state index is 5.82. The quantitative estimate of drug-likeness (QED) is 0.839. The molecule has 5 rings (SSSR count). The van der Waals surface area contributed by atoms with Crippen molar-refractivity contribution >= 4 is 0 Å². The van der Waals surface area contributed by atoms with Crippen LogP contribution in [0.1, 0.15) is 25.1 Å². The van der Waals surface area contributed by atoms with Crippen LogP contribution in [0.4, 0.5) is 0 Å². The Morgan fingerprint density at radius 2 is 2.06 bits per heavy atom. The summed E-state index contributed by atoms with van der Waals surface area (Å²) in [6.07, 6.45) is 8.14. The Morgan fingerprint density at radius 3 is 2.82 bits per heavy atom. The Hall–Kier alpha value is -0.870. The van der Waals surface area contributed by atoms with Crippen LogP contribution in [0, 0.1) is 10.8 Å². The van der Waals surface area contributed by atoms with Crippen LogP contribution < -0.4 is 5.73 Å². The Labute approximate surface area is 102 Å². The number of aromatic nitrogens is 2. The number of imidazole rings is 1. The van der Waals surface area contributed by atoms with E-state index < -0.39 is 0 Å². The minimum absolute atomic E-state index is 0.564. The molecule has 1 aromatic rings. The second-order valence-corrected chi connectivity index (χ2v) is 6.48. The highest BCUT2D eigenvalue weighted by atomic mass is 15.2. The van der Waals surface area contributed by atoms with Crippen LogP contribution in [0.3, 0.4) is 0 Å². The van der Waals surface area contributed by atoms with Gasteiger partial charge in [-0.2, -0.15) is 0 Å². The van der Waals surface area contributed by atoms with Crippen LogP contribution in [0.2, 0.25) is 0 Å². The summed E-state index contributed by atoms with van der Waals surface area (Å²) in [4.78, 5) is 7.01. The number of hydrogen-bond acceptors (Lipinski definition) is 3. The first-order valence-electron chi connectivity index (χ1n) is 6.65. The first kappa shape index (κ1) is 10.1. The molecule has 92 valence electrons. The molecule has 3 aliphatic carbocycles. The lowest BCUT2D eigenvalue weighted by Crippen LogP contribution is -2.68. The maximum Gasteiger partial charge on any atom is 0.122 e. The zero-order valence-electron chi connectivity index (χ0n) is 10.2. The van der Waals surface area contributed by atoms with Crippen molar-refractivity contribution in [2.24, 2.45) is 16.6 Å². The minimum Gasteiger partial charge on any atom is -0.333 e. The van der Waals surface area contributed by atoms with Crippen molar-refractivity contribution in [2.75, 3.05) is 19.6 Å². The Balaban J connectivity index is 1.40. The summed E-state index contributed by atoms with van der Waals surface area (Å²) in [5, 5.41) is 0. The fourth-order valence-corrected chi connectivity index (χ4v) is 4.45. The highest BCUT2D eigenvalue weighted by molar-refractivity contribution is 5.18. The van der Waals surface area contributed by atoms with Gasteiger partial charge in [-0.15, -0.1) is 0 Å². The summed E-state index contributed by atoms with van der Waals surface area (Å²) in [7, 11) is 0. The second kappa shape index (κ2) is 3.12. The first-order valence-corrected chi connectivity index (χ1v) is 6.65. The molecule has 0 spiro atoms. The molecule has 0 aromatic carbocycles. The molecular weight excluding hydrogens is 212 g/mol. The first-order chi connectivity index (χ1) is 8.23. The lowest BCUT2D eigenvalue weighted by atomic mass is 9.35. The van der Waals surface area contributed by atoms with E-state index >= 15 is 0 Å². The van der Waals surface area contributed by atoms with Crippen LogP contribution in [0.15, 0.2) is 12.4 Å². The molecule has 4 aliphatic rings. The summed E-state index contributed by atoms with van der Waals surface area (Å²) in [5.74, 6) is 1.23. The predicted molar refractivity (Wildman–Crippen MR) is 65.3 cm³/mol. The summed E-state index contributed by atoms with van der Waals surface area (Å²) in [5.41, 5.74) is 7.02. The van der Waals surface area contributed by atoms with Gasteiger partial charge in [0.2, 0.25) is 0 Å². The molecule has 2 bridgehead atoms. The normalized spacial score (nSPS) is 39.4. The Bertz CT molecular complexity index is 430. The third kappa shape index (κ3) is 1.34. The van der Waals surface area contributed by atoms with Crippen LogP contribution in [-0.4, -0.2) is 34.1 Å². The fraction of sp³-hybridized carbons (Fsp3) is 0.769. The molecule has 2 N–H and O–H groups in total. The van der Waals surface area contributed by atoms with Crippen LogP contribution >= 0.6 is 0 Å². The summed E-state index contributed by atoms with van der Waals surface area (Å²) >= 11 is 0. The van der Waals surface area contributed by atoms with Crippen molar-refractivity contribution < 1.29 is 0 Å². The van der Waals surface area contributed by atoms with Crippen molar-refractivity contribution in [2.45, 2.75) is 32.4 Å². The molecule has 0 saturated heterocycles. The molecule has 3 saturated carbocycles. The zero-order chi connectivity index (χ0) is 11.5. The molecule has 0 radical (unpaired) electrons. The molecule has 1 aliphatic heterocycles. The third-order valence-electron chi connectivity index (χ3n) is 5.07. The lowest BCUT2D eigenvalue weighted by molar-refractivity contribution is -0.208. The summed E-state index contributed by atoms with van der Waals surface area (Å²) in [6.45, 7) is 5.49. The average Bonchev–Trinajstić information content (AvgIpc) is 2.68. The van der Waals surface area contributed by atoms with E-state index in [1.165, 1.54) is 38.2 Å². The largest absolute Gasteiger partial charge is 0.333 e. The molecule has 0 amide bonds. The van der Waals surface area contributed by atoms with Crippen molar-refractivity contribution in [1.29, 1.82) is 0 Å². The second-order valence-electron chi connectivity index (χ2n) is 6.48. The summed E-state index contributed by atoms with van der Waals surface area (Å²) < 4.78 is 2.28. The van der Waals surface area contributed by atoms with Gasteiger partial charge in [0, 0.05) is 32.0 Å². The van der Waals surface area contributed by atoms with Crippen molar-refractivity contribution in [1.82, 2.24) is 14.5 Å². The van der Waals surface area contributed by atoms with Crippen molar-refractivity contribution in [3.8, 4) is 0 Å². The molecular formula is C13H20N4. The molecule has 17 heavy (non-hydrogen) atoms. The standard InChI is InChI=1S/C13H20N4/c14-9-12-6-13(7-12,8-12)10-16-3-4-17-2-1-15-11(17)5-16/h1-2H,3-10,14H2. The minimum atomic E-state index is 0.564. The highest BCUT2D eigenvalue weighted by Gasteiger charge is 2.66. The van der Waals surface area contributed by atoms with Crippen LogP contribution in [0.5, 0.6) is 0 Å². The van der Waals surface area contributed by atoms with E-state index in [2.05, 4.69) is 20.6 Å². The van der Waals surface area contributed by atoms with Gasteiger partial charge in [-0.3, -0.25) is 4.90 Å². The molecule has 0 unspecified atom stereocenters. The fourth-order valence-electron chi connectivity index (χ4n) is 4.45. The Kier molecular flexibility index (Phi) is 1.85. The van der Waals surface area contributed by atoms with Gasteiger partial charge in [0.15, 0.2) is 0 Å². The van der Waals surface area contributed by atoms with Gasteiger partial charge in [0.1, 0.15) is 5.82 Å². The maximum atomic E-state index is 5.82. The molecule has 4 nitrogen and oxygen atoms in total. The van der Waals surface area contributed by atoms with Gasteiger partial charge in [0.25, 0.3) is 0 Å². The zero-order valence-corrected chi connectivity index (χ0v) is 10.2. The monoisotopic (exact) mass is 232 g/mol. The van der Waals surface area contributed by atoms with E-state index in [1.54, 1.807) is 0 Å². The lowest BCUT2D eigenvalue weighted by Gasteiger charge is -2.71. The van der Waals surface area contributed by atoms with E-state index in [1.807, 2.05) is 6.20 Å². The molecule has 0 atom stereocenters. The van der Waals surface area contributed by atoms with Gasteiger partial charge in [-0.1, -0.05) is 0 Å². The number of fused-ring (bicyclic) bond motifs is 1. The molecule has 4 heteroatoms. The van der Waals surface area contributed by atoms with E-state index in [0.717, 1.165) is 19.6 Å². The SMILES string of the molecule is NCC12CC(CN3CCn4ccnc4C3)(C1)C2. The average molecular weight is 232 g/mol. The smallest absolute Gasteiger partial charge is 0.122 e. The van der Waals surface area contributed by atoms with Crippen molar-refractivity contribution in [3.05, 3.63) is 18.2 Å². The molecule has 2 heterocycles. The van der Waals surface area contributed by atoms with Gasteiger partial charge in [-0.05, 0) is 36.6 Å². The third-order valence-corrected chi connectivity index (χ3v) is 5.07. The van der Waals surface area contributed by atoms with Gasteiger partial charge in [-0.25, -0.2) is 4.98 Å². The van der Waals surface area contributed by atoms with E-state index in [4.69, 9.17) is 5.73 Å². The Morgan fingerprint density at radius 1 is 1.24 bits per heavy atom. The predicted octanol–water partition coefficient (Wildman–Crippen LogP) is 0.828. The van der Waals surface area contributed by atoms with Crippen LogP contribution in [-0.2, 0) is 13.1 Å².